The first-order valence-electron chi connectivity index (χ1n) is 9.29. The average Bonchev–Trinajstić information content (AvgIpc) is 2.74. The number of halogens is 2. The molecule has 2 N–H and O–H groups in total. The van der Waals surface area contributed by atoms with Gasteiger partial charge in [0.25, 0.3) is 0 Å². The smallest absolute Gasteiger partial charge is 0.243 e. The lowest BCUT2D eigenvalue weighted by atomic mass is 9.99. The van der Waals surface area contributed by atoms with Gasteiger partial charge in [0.15, 0.2) is 17.5 Å². The van der Waals surface area contributed by atoms with Crippen LogP contribution in [0.25, 0.3) is 0 Å². The molecule has 9 heteroatoms. The second kappa shape index (κ2) is 11.0. The van der Waals surface area contributed by atoms with Crippen molar-refractivity contribution in [2.45, 2.75) is 13.0 Å². The normalized spacial score (nSPS) is 13.1. The Morgan fingerprint density at radius 3 is 2.37 bits per heavy atom. The first-order chi connectivity index (χ1) is 14.0. The molecule has 3 rings (SSSR count). The Hall–Kier alpha value is -2.56. The minimum atomic E-state index is -0.346. The highest BCUT2D eigenvalue weighted by atomic mass is 127. The van der Waals surface area contributed by atoms with E-state index in [9.17, 15) is 9.18 Å². The quantitative estimate of drug-likeness (QED) is 0.355. The second-order valence-corrected chi connectivity index (χ2v) is 6.60. The van der Waals surface area contributed by atoms with Crippen LogP contribution in [-0.2, 0) is 17.8 Å². The molecule has 0 bridgehead atoms. The summed E-state index contributed by atoms with van der Waals surface area (Å²) < 4.78 is 23.7. The van der Waals surface area contributed by atoms with Gasteiger partial charge in [-0.1, -0.05) is 0 Å². The maximum absolute atomic E-state index is 13.0. The summed E-state index contributed by atoms with van der Waals surface area (Å²) in [6.07, 6.45) is 0.832. The fourth-order valence-corrected chi connectivity index (χ4v) is 3.29. The van der Waals surface area contributed by atoms with Crippen molar-refractivity contribution in [1.82, 2.24) is 10.2 Å². The van der Waals surface area contributed by atoms with E-state index in [4.69, 9.17) is 9.47 Å². The van der Waals surface area contributed by atoms with Gasteiger partial charge in [0.05, 0.1) is 20.8 Å². The highest BCUT2D eigenvalue weighted by Gasteiger charge is 2.22. The van der Waals surface area contributed by atoms with E-state index in [2.05, 4.69) is 20.5 Å². The Morgan fingerprint density at radius 1 is 1.13 bits per heavy atom. The van der Waals surface area contributed by atoms with Crippen molar-refractivity contribution in [1.29, 1.82) is 0 Å². The van der Waals surface area contributed by atoms with Crippen molar-refractivity contribution in [3.63, 3.8) is 0 Å². The molecule has 1 amide bonds. The summed E-state index contributed by atoms with van der Waals surface area (Å²) >= 11 is 0. The number of fused-ring (bicyclic) bond motifs is 1. The molecule has 2 aromatic rings. The number of aliphatic imine (C=N–C) groups is 1. The van der Waals surface area contributed by atoms with Crippen LogP contribution in [0, 0.1) is 5.82 Å². The summed E-state index contributed by atoms with van der Waals surface area (Å²) in [4.78, 5) is 18.6. The molecular weight excluding hydrogens is 502 g/mol. The number of ether oxygens (including phenoxy) is 2. The molecule has 0 fully saturated rings. The molecular formula is C21H26FIN4O3. The zero-order chi connectivity index (χ0) is 20.8. The van der Waals surface area contributed by atoms with Crippen molar-refractivity contribution in [3.05, 3.63) is 53.3 Å². The van der Waals surface area contributed by atoms with Crippen LogP contribution in [-0.4, -0.2) is 51.1 Å². The highest BCUT2D eigenvalue weighted by molar-refractivity contribution is 14.0. The van der Waals surface area contributed by atoms with Crippen LogP contribution in [0.15, 0.2) is 41.4 Å². The van der Waals surface area contributed by atoms with Gasteiger partial charge in [-0.15, -0.1) is 24.0 Å². The van der Waals surface area contributed by atoms with Gasteiger partial charge in [-0.05, 0) is 53.9 Å². The maximum Gasteiger partial charge on any atom is 0.243 e. The summed E-state index contributed by atoms with van der Waals surface area (Å²) in [5.74, 6) is 1.47. The predicted molar refractivity (Wildman–Crippen MR) is 125 cm³/mol. The number of hydrogen-bond donors (Lipinski definition) is 2. The molecule has 0 unspecified atom stereocenters. The Kier molecular flexibility index (Phi) is 8.70. The topological polar surface area (TPSA) is 75.2 Å². The van der Waals surface area contributed by atoms with Crippen LogP contribution in [0.5, 0.6) is 11.5 Å². The maximum atomic E-state index is 13.0. The molecule has 0 spiro atoms. The lowest BCUT2D eigenvalue weighted by molar-refractivity contribution is -0.115. The Bertz CT molecular complexity index is 906. The molecule has 30 heavy (non-hydrogen) atoms. The average molecular weight is 528 g/mol. The largest absolute Gasteiger partial charge is 0.493 e. The summed E-state index contributed by atoms with van der Waals surface area (Å²) in [5.41, 5.74) is 2.89. The summed E-state index contributed by atoms with van der Waals surface area (Å²) in [7, 11) is 4.93. The third-order valence-electron chi connectivity index (χ3n) is 4.76. The fourth-order valence-electron chi connectivity index (χ4n) is 3.29. The van der Waals surface area contributed by atoms with E-state index < -0.39 is 0 Å². The standard InChI is InChI=1S/C21H25FN4O3.HI/c1-23-21(24-12-20(27)25-17-6-4-16(22)5-7-17)26-9-8-14-10-18(28-2)19(29-3)11-15(14)13-26;/h4-7,10-11H,8-9,12-13H2,1-3H3,(H,23,24)(H,25,27);1H. The fraction of sp³-hybridized carbons (Fsp3) is 0.333. The molecule has 162 valence electrons. The third-order valence-corrected chi connectivity index (χ3v) is 4.76. The number of carbonyl (C=O) groups excluding carboxylic acids is 1. The van der Waals surface area contributed by atoms with Crippen molar-refractivity contribution in [2.75, 3.05) is 39.7 Å². The van der Waals surface area contributed by atoms with Gasteiger partial charge < -0.3 is 25.0 Å². The van der Waals surface area contributed by atoms with E-state index >= 15 is 0 Å². The van der Waals surface area contributed by atoms with Gasteiger partial charge in [-0.3, -0.25) is 9.79 Å². The van der Waals surface area contributed by atoms with Gasteiger partial charge >= 0.3 is 0 Å². The minimum absolute atomic E-state index is 0. The van der Waals surface area contributed by atoms with E-state index in [0.29, 0.717) is 23.9 Å². The number of methoxy groups -OCH3 is 2. The molecule has 1 aliphatic heterocycles. The molecule has 0 aromatic heterocycles. The van der Waals surface area contributed by atoms with Crippen molar-refractivity contribution < 1.29 is 18.7 Å². The number of anilines is 1. The minimum Gasteiger partial charge on any atom is -0.493 e. The first-order valence-corrected chi connectivity index (χ1v) is 9.29. The van der Waals surface area contributed by atoms with Crippen molar-refractivity contribution in [3.8, 4) is 11.5 Å². The van der Waals surface area contributed by atoms with Crippen molar-refractivity contribution >= 4 is 41.5 Å². The van der Waals surface area contributed by atoms with E-state index in [0.717, 1.165) is 24.3 Å². The van der Waals surface area contributed by atoms with E-state index in [1.807, 2.05) is 12.1 Å². The molecule has 1 heterocycles. The van der Waals surface area contributed by atoms with E-state index in [1.54, 1.807) is 21.3 Å². The highest BCUT2D eigenvalue weighted by Crippen LogP contribution is 2.33. The summed E-state index contributed by atoms with van der Waals surface area (Å²) in [5, 5.41) is 5.81. The van der Waals surface area contributed by atoms with Gasteiger partial charge in [0.2, 0.25) is 5.91 Å². The summed E-state index contributed by atoms with van der Waals surface area (Å²) in [6, 6.07) is 9.64. The molecule has 0 aliphatic carbocycles. The number of hydrogen-bond acceptors (Lipinski definition) is 4. The molecule has 2 aromatic carbocycles. The van der Waals surface area contributed by atoms with Crippen LogP contribution in [0.1, 0.15) is 11.1 Å². The molecule has 7 nitrogen and oxygen atoms in total. The molecule has 0 saturated carbocycles. The Labute approximate surface area is 192 Å². The predicted octanol–water partition coefficient (Wildman–Crippen LogP) is 3.03. The van der Waals surface area contributed by atoms with E-state index in [-0.39, 0.29) is 42.2 Å². The number of rotatable bonds is 5. The van der Waals surface area contributed by atoms with Crippen LogP contribution >= 0.6 is 24.0 Å². The molecule has 0 saturated heterocycles. The molecule has 1 aliphatic rings. The molecule has 0 atom stereocenters. The van der Waals surface area contributed by atoms with Gasteiger partial charge in [-0.25, -0.2) is 4.39 Å². The lowest BCUT2D eigenvalue weighted by Gasteiger charge is -2.32. The Morgan fingerprint density at radius 2 is 1.77 bits per heavy atom. The number of guanidine groups is 1. The zero-order valence-corrected chi connectivity index (χ0v) is 19.5. The number of benzene rings is 2. The van der Waals surface area contributed by atoms with Crippen molar-refractivity contribution in [2.24, 2.45) is 4.99 Å². The zero-order valence-electron chi connectivity index (χ0n) is 17.2. The van der Waals surface area contributed by atoms with Crippen LogP contribution in [0.3, 0.4) is 0 Å². The number of nitrogens with one attached hydrogen (secondary N) is 2. The third kappa shape index (κ3) is 5.74. The molecule has 0 radical (unpaired) electrons. The second-order valence-electron chi connectivity index (χ2n) is 6.60. The summed E-state index contributed by atoms with van der Waals surface area (Å²) in [6.45, 7) is 1.47. The van der Waals surface area contributed by atoms with Gasteiger partial charge in [0.1, 0.15) is 5.82 Å². The number of nitrogens with zero attached hydrogens (tertiary/aromatic N) is 2. The van der Waals surface area contributed by atoms with Gasteiger partial charge in [0, 0.05) is 25.8 Å². The lowest BCUT2D eigenvalue weighted by Crippen LogP contribution is -2.46. The van der Waals surface area contributed by atoms with E-state index in [1.165, 1.54) is 29.8 Å². The number of amides is 1. The van der Waals surface area contributed by atoms with Gasteiger partial charge in [-0.2, -0.15) is 0 Å². The van der Waals surface area contributed by atoms with Crippen LogP contribution < -0.4 is 20.1 Å². The SMILES string of the molecule is CN=C(NCC(=O)Nc1ccc(F)cc1)N1CCc2cc(OC)c(OC)cc2C1.I. The number of carbonyl (C=O) groups is 1. The van der Waals surface area contributed by atoms with Crippen LogP contribution in [0.2, 0.25) is 0 Å². The Balaban J connectivity index is 0.00000320. The first kappa shape index (κ1) is 23.7. The van der Waals surface area contributed by atoms with Crippen LogP contribution in [0.4, 0.5) is 10.1 Å². The monoisotopic (exact) mass is 528 g/mol.